The largest absolute Gasteiger partial charge is 0.508 e. The van der Waals surface area contributed by atoms with Crippen LogP contribution < -0.4 is 4.90 Å². The summed E-state index contributed by atoms with van der Waals surface area (Å²) in [5.74, 6) is -0.587. The summed E-state index contributed by atoms with van der Waals surface area (Å²) < 4.78 is 0.668. The Bertz CT molecular complexity index is 1100. The molecule has 0 aromatic heterocycles. The summed E-state index contributed by atoms with van der Waals surface area (Å²) in [7, 11) is 0. The summed E-state index contributed by atoms with van der Waals surface area (Å²) in [6.07, 6.45) is -1.48. The van der Waals surface area contributed by atoms with Gasteiger partial charge in [0.1, 0.15) is 5.75 Å². The summed E-state index contributed by atoms with van der Waals surface area (Å²) >= 11 is 3.27. The minimum absolute atomic E-state index is 0.101. The lowest BCUT2D eigenvalue weighted by Crippen LogP contribution is -2.41. The lowest BCUT2D eigenvalue weighted by atomic mass is 9.87. The van der Waals surface area contributed by atoms with Gasteiger partial charge >= 0.3 is 0 Å². The molecular weight excluding hydrogens is 446 g/mol. The van der Waals surface area contributed by atoms with Crippen molar-refractivity contribution >= 4 is 27.5 Å². The SMILES string of the molecule is Cc1ccc(CN2C(=O)C(O)(CC(O)c3ccc(Br)cc3O)c3ccccc32)cc1. The molecule has 30 heavy (non-hydrogen) atoms. The van der Waals surface area contributed by atoms with Gasteiger partial charge in [0.2, 0.25) is 0 Å². The van der Waals surface area contributed by atoms with Crippen molar-refractivity contribution in [1.82, 2.24) is 0 Å². The van der Waals surface area contributed by atoms with Gasteiger partial charge in [-0.2, -0.15) is 0 Å². The zero-order valence-corrected chi connectivity index (χ0v) is 18.0. The number of benzene rings is 3. The average molecular weight is 468 g/mol. The molecule has 154 valence electrons. The minimum atomic E-state index is -1.89. The summed E-state index contributed by atoms with van der Waals surface area (Å²) in [5, 5.41) is 32.4. The summed E-state index contributed by atoms with van der Waals surface area (Å²) in [6.45, 7) is 2.32. The van der Waals surface area contributed by atoms with E-state index in [1.807, 2.05) is 37.3 Å². The summed E-state index contributed by atoms with van der Waals surface area (Å²) in [6, 6.07) is 19.7. The molecule has 3 N–H and O–H groups in total. The molecule has 0 bridgehead atoms. The first-order chi connectivity index (χ1) is 14.3. The van der Waals surface area contributed by atoms with Crippen LogP contribution >= 0.6 is 15.9 Å². The minimum Gasteiger partial charge on any atom is -0.508 e. The number of aryl methyl sites for hydroxylation is 1. The van der Waals surface area contributed by atoms with Crippen molar-refractivity contribution in [3.8, 4) is 5.75 Å². The number of hydrogen-bond acceptors (Lipinski definition) is 4. The molecule has 2 unspecified atom stereocenters. The van der Waals surface area contributed by atoms with Crippen LogP contribution in [0, 0.1) is 6.92 Å². The molecule has 4 rings (SSSR count). The zero-order valence-electron chi connectivity index (χ0n) is 16.4. The van der Waals surface area contributed by atoms with Gasteiger partial charge < -0.3 is 20.2 Å². The highest BCUT2D eigenvalue weighted by molar-refractivity contribution is 9.10. The lowest BCUT2D eigenvalue weighted by Gasteiger charge is -2.26. The standard InChI is InChI=1S/C24H22BrNO4/c1-15-6-8-16(9-7-15)14-26-20-5-3-2-4-19(20)24(30,23(26)29)13-22(28)18-11-10-17(25)12-21(18)27/h2-12,22,27-28,30H,13-14H2,1H3. The van der Waals surface area contributed by atoms with Crippen LogP contribution in [0.25, 0.3) is 0 Å². The van der Waals surface area contributed by atoms with Gasteiger partial charge in [0, 0.05) is 22.0 Å². The fourth-order valence-electron chi connectivity index (χ4n) is 3.93. The fraction of sp³-hybridized carbons (Fsp3) is 0.208. The second-order valence-electron chi connectivity index (χ2n) is 7.68. The molecule has 1 aliphatic rings. The second-order valence-corrected chi connectivity index (χ2v) is 8.59. The van der Waals surface area contributed by atoms with Crippen LogP contribution in [0.1, 0.15) is 34.8 Å². The van der Waals surface area contributed by atoms with Crippen LogP contribution in [0.15, 0.2) is 71.2 Å². The fourth-order valence-corrected chi connectivity index (χ4v) is 4.27. The molecule has 3 aromatic rings. The molecule has 3 aromatic carbocycles. The van der Waals surface area contributed by atoms with Gasteiger partial charge in [-0.3, -0.25) is 4.79 Å². The van der Waals surface area contributed by atoms with E-state index in [0.717, 1.165) is 11.1 Å². The predicted molar refractivity (Wildman–Crippen MR) is 118 cm³/mol. The second kappa shape index (κ2) is 7.87. The van der Waals surface area contributed by atoms with Crippen LogP contribution in [0.4, 0.5) is 5.69 Å². The highest BCUT2D eigenvalue weighted by Crippen LogP contribution is 2.46. The quantitative estimate of drug-likeness (QED) is 0.521. The van der Waals surface area contributed by atoms with Crippen LogP contribution in [0.5, 0.6) is 5.75 Å². The first kappa shape index (κ1) is 20.6. The Morgan fingerprint density at radius 3 is 2.47 bits per heavy atom. The van der Waals surface area contributed by atoms with Crippen molar-refractivity contribution in [3.63, 3.8) is 0 Å². The molecule has 5 nitrogen and oxygen atoms in total. The maximum atomic E-state index is 13.4. The highest BCUT2D eigenvalue weighted by atomic mass is 79.9. The number of anilines is 1. The van der Waals surface area contributed by atoms with Crippen molar-refractivity contribution < 1.29 is 20.1 Å². The Labute approximate surface area is 183 Å². The molecule has 1 aliphatic heterocycles. The third-order valence-electron chi connectivity index (χ3n) is 5.54. The van der Waals surface area contributed by atoms with Gasteiger partial charge in [0.15, 0.2) is 5.60 Å². The predicted octanol–water partition coefficient (Wildman–Crippen LogP) is 4.32. The molecule has 0 saturated heterocycles. The molecular formula is C24H22BrNO4. The van der Waals surface area contributed by atoms with Gasteiger partial charge in [-0.25, -0.2) is 0 Å². The van der Waals surface area contributed by atoms with Crippen LogP contribution in [0.2, 0.25) is 0 Å². The van der Waals surface area contributed by atoms with Crippen molar-refractivity contribution in [2.75, 3.05) is 4.90 Å². The number of rotatable bonds is 5. The van der Waals surface area contributed by atoms with E-state index in [0.29, 0.717) is 22.3 Å². The molecule has 0 radical (unpaired) electrons. The van der Waals surface area contributed by atoms with E-state index in [-0.39, 0.29) is 17.7 Å². The number of carbonyl (C=O) groups excluding carboxylic acids is 1. The van der Waals surface area contributed by atoms with Gasteiger partial charge in [-0.05, 0) is 30.7 Å². The number of phenolic OH excluding ortho intramolecular Hbond substituents is 1. The van der Waals surface area contributed by atoms with Crippen LogP contribution in [-0.2, 0) is 16.9 Å². The van der Waals surface area contributed by atoms with Crippen molar-refractivity contribution in [3.05, 3.63) is 93.5 Å². The number of phenols is 1. The third kappa shape index (κ3) is 3.62. The highest BCUT2D eigenvalue weighted by Gasteiger charge is 2.50. The Hall–Kier alpha value is -2.67. The van der Waals surface area contributed by atoms with E-state index in [9.17, 15) is 20.1 Å². The molecule has 0 spiro atoms. The Morgan fingerprint density at radius 1 is 1.07 bits per heavy atom. The number of aromatic hydroxyl groups is 1. The van der Waals surface area contributed by atoms with E-state index in [1.54, 1.807) is 35.2 Å². The molecule has 6 heteroatoms. The molecule has 0 fully saturated rings. The maximum absolute atomic E-state index is 13.4. The number of hydrogen-bond donors (Lipinski definition) is 3. The van der Waals surface area contributed by atoms with Gasteiger partial charge in [-0.15, -0.1) is 0 Å². The maximum Gasteiger partial charge on any atom is 0.264 e. The number of aliphatic hydroxyl groups is 2. The molecule has 2 atom stereocenters. The summed E-state index contributed by atoms with van der Waals surface area (Å²) in [5.41, 5.74) is 1.52. The summed E-state index contributed by atoms with van der Waals surface area (Å²) in [4.78, 5) is 14.9. The first-order valence-corrected chi connectivity index (χ1v) is 10.4. The zero-order chi connectivity index (χ0) is 21.5. The van der Waals surface area contributed by atoms with E-state index in [1.165, 1.54) is 6.07 Å². The third-order valence-corrected chi connectivity index (χ3v) is 6.03. The lowest BCUT2D eigenvalue weighted by molar-refractivity contribution is -0.139. The molecule has 0 aliphatic carbocycles. The Morgan fingerprint density at radius 2 is 1.77 bits per heavy atom. The van der Waals surface area contributed by atoms with E-state index in [4.69, 9.17) is 0 Å². The van der Waals surface area contributed by atoms with Gasteiger partial charge in [0.05, 0.1) is 18.3 Å². The number of carbonyl (C=O) groups is 1. The number of nitrogens with zero attached hydrogens (tertiary/aromatic N) is 1. The van der Waals surface area contributed by atoms with Crippen LogP contribution in [0.3, 0.4) is 0 Å². The van der Waals surface area contributed by atoms with E-state index < -0.39 is 17.6 Å². The number of halogens is 1. The van der Waals surface area contributed by atoms with E-state index >= 15 is 0 Å². The molecule has 1 heterocycles. The number of fused-ring (bicyclic) bond motifs is 1. The van der Waals surface area contributed by atoms with Crippen molar-refractivity contribution in [2.45, 2.75) is 31.6 Å². The number of amides is 1. The van der Waals surface area contributed by atoms with Crippen molar-refractivity contribution in [1.29, 1.82) is 0 Å². The normalized spacial score (nSPS) is 19.1. The topological polar surface area (TPSA) is 81.0 Å². The number of aliphatic hydroxyl groups excluding tert-OH is 1. The van der Waals surface area contributed by atoms with Gasteiger partial charge in [-0.1, -0.05) is 70.0 Å². The molecule has 1 amide bonds. The first-order valence-electron chi connectivity index (χ1n) is 9.65. The monoisotopic (exact) mass is 467 g/mol. The van der Waals surface area contributed by atoms with Gasteiger partial charge in [0.25, 0.3) is 5.91 Å². The van der Waals surface area contributed by atoms with Crippen molar-refractivity contribution in [2.24, 2.45) is 0 Å². The number of para-hydroxylation sites is 1. The Balaban J connectivity index is 1.67. The molecule has 0 saturated carbocycles. The smallest absolute Gasteiger partial charge is 0.264 e. The van der Waals surface area contributed by atoms with Crippen LogP contribution in [-0.4, -0.2) is 21.2 Å². The average Bonchev–Trinajstić information content (AvgIpc) is 2.91. The van der Waals surface area contributed by atoms with E-state index in [2.05, 4.69) is 15.9 Å². The Kier molecular flexibility index (Phi) is 5.40.